The number of aromatic nitrogens is 1. The Morgan fingerprint density at radius 2 is 2.20 bits per heavy atom. The van der Waals surface area contributed by atoms with Gasteiger partial charge in [-0.25, -0.2) is 4.79 Å². The van der Waals surface area contributed by atoms with Gasteiger partial charge < -0.3 is 10.2 Å². The minimum Gasteiger partial charge on any atom is -0.408 e. The third-order valence-corrected chi connectivity index (χ3v) is 2.40. The van der Waals surface area contributed by atoms with E-state index in [4.69, 9.17) is 10.2 Å². The van der Waals surface area contributed by atoms with Gasteiger partial charge in [0.1, 0.15) is 0 Å². The maximum atomic E-state index is 10.9. The predicted molar refractivity (Wildman–Crippen MR) is 58.8 cm³/mol. The Morgan fingerprint density at radius 1 is 1.33 bits per heavy atom. The molecular weight excluding hydrogens is 192 g/mol. The molecule has 1 aromatic carbocycles. The first-order valence-corrected chi connectivity index (χ1v) is 5.11. The van der Waals surface area contributed by atoms with Crippen molar-refractivity contribution in [3.8, 4) is 0 Å². The van der Waals surface area contributed by atoms with Crippen LogP contribution in [0.1, 0.15) is 18.4 Å². The highest BCUT2D eigenvalue weighted by Crippen LogP contribution is 2.13. The summed E-state index contributed by atoms with van der Waals surface area (Å²) in [5.41, 5.74) is 7.98. The number of hydrogen-bond acceptors (Lipinski definition) is 3. The molecule has 0 aliphatic heterocycles. The lowest BCUT2D eigenvalue weighted by Crippen LogP contribution is -1.98. The molecule has 0 unspecified atom stereocenters. The molecule has 0 saturated carbocycles. The third-order valence-electron chi connectivity index (χ3n) is 2.40. The van der Waals surface area contributed by atoms with Crippen LogP contribution in [0.5, 0.6) is 0 Å². The molecule has 0 spiro atoms. The normalized spacial score (nSPS) is 11.0. The molecule has 0 bridgehead atoms. The molecule has 4 nitrogen and oxygen atoms in total. The lowest BCUT2D eigenvalue weighted by atomic mass is 10.1. The van der Waals surface area contributed by atoms with Gasteiger partial charge in [-0.15, -0.1) is 0 Å². The number of rotatable bonds is 4. The lowest BCUT2D eigenvalue weighted by molar-refractivity contribution is 0.555. The smallest absolute Gasteiger partial charge is 0.408 e. The predicted octanol–water partition coefficient (Wildman–Crippen LogP) is 1.40. The topological polar surface area (TPSA) is 72.0 Å². The number of aryl methyl sites for hydroxylation is 1. The number of aromatic amines is 1. The Kier molecular flexibility index (Phi) is 2.87. The Balaban J connectivity index is 2.19. The van der Waals surface area contributed by atoms with Crippen molar-refractivity contribution < 1.29 is 4.42 Å². The van der Waals surface area contributed by atoms with Crippen molar-refractivity contribution >= 4 is 11.1 Å². The highest BCUT2D eigenvalue weighted by molar-refractivity contribution is 5.72. The highest BCUT2D eigenvalue weighted by atomic mass is 16.4. The maximum absolute atomic E-state index is 10.9. The van der Waals surface area contributed by atoms with Crippen LogP contribution in [0, 0.1) is 0 Å². The van der Waals surface area contributed by atoms with Crippen molar-refractivity contribution in [2.24, 2.45) is 5.73 Å². The van der Waals surface area contributed by atoms with Gasteiger partial charge in [-0.3, -0.25) is 4.98 Å². The van der Waals surface area contributed by atoms with E-state index in [0.717, 1.165) is 31.3 Å². The van der Waals surface area contributed by atoms with Crippen molar-refractivity contribution in [2.75, 3.05) is 6.54 Å². The molecule has 2 aromatic rings. The van der Waals surface area contributed by atoms with Crippen molar-refractivity contribution in [3.63, 3.8) is 0 Å². The molecule has 0 atom stereocenters. The van der Waals surface area contributed by atoms with Crippen LogP contribution in [0.3, 0.4) is 0 Å². The van der Waals surface area contributed by atoms with Crippen LogP contribution in [0.2, 0.25) is 0 Å². The summed E-state index contributed by atoms with van der Waals surface area (Å²) in [6.45, 7) is 0.724. The second-order valence-electron chi connectivity index (χ2n) is 3.59. The summed E-state index contributed by atoms with van der Waals surface area (Å²) in [7, 11) is 0. The Labute approximate surface area is 87.1 Å². The second-order valence-corrected chi connectivity index (χ2v) is 3.59. The van der Waals surface area contributed by atoms with Crippen molar-refractivity contribution in [3.05, 3.63) is 34.3 Å². The number of nitrogens with one attached hydrogen (secondary N) is 1. The molecule has 80 valence electrons. The zero-order valence-corrected chi connectivity index (χ0v) is 8.45. The van der Waals surface area contributed by atoms with Gasteiger partial charge in [0.2, 0.25) is 0 Å². The van der Waals surface area contributed by atoms with Crippen LogP contribution < -0.4 is 11.5 Å². The summed E-state index contributed by atoms with van der Waals surface area (Å²) < 4.78 is 4.98. The molecule has 0 amide bonds. The number of unbranched alkanes of at least 4 members (excludes halogenated alkanes) is 1. The number of benzene rings is 1. The van der Waals surface area contributed by atoms with E-state index >= 15 is 0 Å². The molecule has 0 aliphatic carbocycles. The van der Waals surface area contributed by atoms with E-state index in [1.165, 1.54) is 5.56 Å². The Bertz CT molecular complexity index is 499. The van der Waals surface area contributed by atoms with E-state index in [0.29, 0.717) is 5.58 Å². The minimum absolute atomic E-state index is 0.399. The van der Waals surface area contributed by atoms with Crippen molar-refractivity contribution in [1.29, 1.82) is 0 Å². The van der Waals surface area contributed by atoms with Crippen LogP contribution in [0.4, 0.5) is 0 Å². The number of hydrogen-bond donors (Lipinski definition) is 2. The number of oxazole rings is 1. The molecule has 3 N–H and O–H groups in total. The summed E-state index contributed by atoms with van der Waals surface area (Å²) in [6, 6.07) is 5.78. The van der Waals surface area contributed by atoms with Gasteiger partial charge in [0.05, 0.1) is 5.52 Å². The lowest BCUT2D eigenvalue weighted by Gasteiger charge is -1.99. The maximum Gasteiger partial charge on any atom is 0.417 e. The van der Waals surface area contributed by atoms with Crippen molar-refractivity contribution in [1.82, 2.24) is 4.98 Å². The molecule has 1 aromatic heterocycles. The van der Waals surface area contributed by atoms with E-state index in [2.05, 4.69) is 4.98 Å². The number of H-pyrrole nitrogens is 1. The van der Waals surface area contributed by atoms with Crippen molar-refractivity contribution in [2.45, 2.75) is 19.3 Å². The van der Waals surface area contributed by atoms with Crippen LogP contribution in [-0.2, 0) is 6.42 Å². The van der Waals surface area contributed by atoms with Crippen LogP contribution >= 0.6 is 0 Å². The molecule has 2 rings (SSSR count). The van der Waals surface area contributed by atoms with Gasteiger partial charge >= 0.3 is 5.76 Å². The van der Waals surface area contributed by atoms with E-state index in [9.17, 15) is 4.79 Å². The first-order valence-electron chi connectivity index (χ1n) is 5.11. The molecule has 4 heteroatoms. The van der Waals surface area contributed by atoms with Gasteiger partial charge in [-0.2, -0.15) is 0 Å². The van der Waals surface area contributed by atoms with Gasteiger partial charge in [0.15, 0.2) is 5.58 Å². The molecule has 1 heterocycles. The SMILES string of the molecule is NCCCCc1ccc2[nH]c(=O)oc2c1. The quantitative estimate of drug-likeness (QED) is 0.743. The average molecular weight is 206 g/mol. The molecule has 0 radical (unpaired) electrons. The van der Waals surface area contributed by atoms with E-state index in [1.807, 2.05) is 18.2 Å². The summed E-state index contributed by atoms with van der Waals surface area (Å²) in [5, 5.41) is 0. The fraction of sp³-hybridized carbons (Fsp3) is 0.364. The van der Waals surface area contributed by atoms with E-state index in [-0.39, 0.29) is 0 Å². The monoisotopic (exact) mass is 206 g/mol. The second kappa shape index (κ2) is 4.31. The summed E-state index contributed by atoms with van der Waals surface area (Å²) >= 11 is 0. The van der Waals surface area contributed by atoms with Gasteiger partial charge in [-0.05, 0) is 43.5 Å². The van der Waals surface area contributed by atoms with E-state index < -0.39 is 5.76 Å². The van der Waals surface area contributed by atoms with Crippen LogP contribution in [0.15, 0.2) is 27.4 Å². The standard InChI is InChI=1S/C11H14N2O2/c12-6-2-1-3-8-4-5-9-10(7-8)15-11(14)13-9/h4-5,7H,1-3,6,12H2,(H,13,14). The number of nitrogens with two attached hydrogens (primary N) is 1. The zero-order chi connectivity index (χ0) is 10.7. The third kappa shape index (κ3) is 2.27. The van der Waals surface area contributed by atoms with Gasteiger partial charge in [0, 0.05) is 0 Å². The van der Waals surface area contributed by atoms with Crippen LogP contribution in [-0.4, -0.2) is 11.5 Å². The molecular formula is C11H14N2O2. The molecule has 0 fully saturated rings. The molecule has 0 aliphatic rings. The minimum atomic E-state index is -0.399. The fourth-order valence-corrected chi connectivity index (χ4v) is 1.62. The first-order chi connectivity index (χ1) is 7.29. The molecule has 15 heavy (non-hydrogen) atoms. The van der Waals surface area contributed by atoms with E-state index in [1.54, 1.807) is 0 Å². The van der Waals surface area contributed by atoms with Gasteiger partial charge in [0.25, 0.3) is 0 Å². The number of fused-ring (bicyclic) bond motifs is 1. The van der Waals surface area contributed by atoms with Gasteiger partial charge in [-0.1, -0.05) is 6.07 Å². The highest BCUT2D eigenvalue weighted by Gasteiger charge is 2.01. The first kappa shape index (κ1) is 9.98. The fourth-order valence-electron chi connectivity index (χ4n) is 1.62. The Morgan fingerprint density at radius 3 is 3.00 bits per heavy atom. The zero-order valence-electron chi connectivity index (χ0n) is 8.45. The summed E-state index contributed by atoms with van der Waals surface area (Å²) in [6.07, 6.45) is 3.06. The van der Waals surface area contributed by atoms with Crippen LogP contribution in [0.25, 0.3) is 11.1 Å². The molecule has 0 saturated heterocycles. The Hall–Kier alpha value is -1.55. The largest absolute Gasteiger partial charge is 0.417 e. The summed E-state index contributed by atoms with van der Waals surface area (Å²) in [5.74, 6) is -0.399. The summed E-state index contributed by atoms with van der Waals surface area (Å²) in [4.78, 5) is 13.5. The average Bonchev–Trinajstić information content (AvgIpc) is 2.57.